The molecule has 1 saturated carbocycles. The summed E-state index contributed by atoms with van der Waals surface area (Å²) < 4.78 is 21.5. The van der Waals surface area contributed by atoms with Gasteiger partial charge in [0.15, 0.2) is 0 Å². The zero-order valence-electron chi connectivity index (χ0n) is 6.24. The molecule has 1 rings (SSSR count). The van der Waals surface area contributed by atoms with Gasteiger partial charge in [-0.15, -0.1) is 0 Å². The molecule has 1 aliphatic rings. The fourth-order valence-electron chi connectivity index (χ4n) is 1.65. The van der Waals surface area contributed by atoms with Gasteiger partial charge < -0.3 is 0 Å². The number of hydrogen-bond donors (Lipinski definition) is 1. The maximum atomic E-state index is 10.8. The summed E-state index contributed by atoms with van der Waals surface area (Å²) in [4.78, 5) is 0. The molecule has 3 nitrogen and oxygen atoms in total. The molecule has 1 fully saturated rings. The second-order valence-electron chi connectivity index (χ2n) is 2.98. The highest BCUT2D eigenvalue weighted by molar-refractivity contribution is 7.90. The third-order valence-corrected chi connectivity index (χ3v) is 3.86. The highest BCUT2D eigenvalue weighted by atomic mass is 32.2. The van der Waals surface area contributed by atoms with Crippen molar-refractivity contribution in [3.63, 3.8) is 0 Å². The molecule has 4 heteroatoms. The molecule has 1 aliphatic carbocycles. The van der Waals surface area contributed by atoms with Gasteiger partial charge in [-0.3, -0.25) is 0 Å². The number of nitrogens with two attached hydrogens (primary N) is 1. The molecule has 3 unspecified atom stereocenters. The highest BCUT2D eigenvalue weighted by Gasteiger charge is 2.52. The maximum Gasteiger partial charge on any atom is 0.212 e. The van der Waals surface area contributed by atoms with Crippen LogP contribution in [0.5, 0.6) is 0 Å². The van der Waals surface area contributed by atoms with Crippen LogP contribution < -0.4 is 5.14 Å². The zero-order chi connectivity index (χ0) is 7.94. The van der Waals surface area contributed by atoms with Crippen LogP contribution in [0, 0.1) is 11.8 Å². The number of hydrogen-bond acceptors (Lipinski definition) is 2. The lowest BCUT2D eigenvalue weighted by atomic mass is 10.3. The standard InChI is InChI=1S/C6H13NO2S/c1-3-5-4(2)6(5)10(7,8)9/h4-6H,3H2,1-2H3,(H2,7,8,9). The Kier molecular flexibility index (Phi) is 1.76. The van der Waals surface area contributed by atoms with E-state index >= 15 is 0 Å². The largest absolute Gasteiger partial charge is 0.228 e. The molecule has 0 saturated heterocycles. The summed E-state index contributed by atoms with van der Waals surface area (Å²) >= 11 is 0. The first-order valence-electron chi connectivity index (χ1n) is 3.50. The van der Waals surface area contributed by atoms with E-state index in [1.807, 2.05) is 13.8 Å². The lowest BCUT2D eigenvalue weighted by Gasteiger charge is -1.91. The Hall–Kier alpha value is -0.0900. The SMILES string of the molecule is CCC1C(C)C1S(N)(=O)=O. The van der Waals surface area contributed by atoms with Crippen LogP contribution in [0.15, 0.2) is 0 Å². The van der Waals surface area contributed by atoms with Gasteiger partial charge in [-0.05, 0) is 11.8 Å². The van der Waals surface area contributed by atoms with E-state index in [1.54, 1.807) is 0 Å². The third-order valence-electron chi connectivity index (χ3n) is 2.33. The van der Waals surface area contributed by atoms with Crippen molar-refractivity contribution in [1.82, 2.24) is 0 Å². The number of primary sulfonamides is 1. The molecular weight excluding hydrogens is 150 g/mol. The van der Waals surface area contributed by atoms with Crippen molar-refractivity contribution in [2.45, 2.75) is 25.5 Å². The van der Waals surface area contributed by atoms with Crippen LogP contribution in [0.4, 0.5) is 0 Å². The Balaban J connectivity index is 2.66. The molecule has 2 N–H and O–H groups in total. The van der Waals surface area contributed by atoms with Gasteiger partial charge in [0.05, 0.1) is 5.25 Å². The molecule has 0 aromatic heterocycles. The van der Waals surface area contributed by atoms with Crippen molar-refractivity contribution in [2.24, 2.45) is 17.0 Å². The van der Waals surface area contributed by atoms with Gasteiger partial charge in [-0.25, -0.2) is 13.6 Å². The molecule has 0 bridgehead atoms. The summed E-state index contributed by atoms with van der Waals surface area (Å²) in [5.74, 6) is 0.593. The minimum absolute atomic E-state index is 0.252. The van der Waals surface area contributed by atoms with Gasteiger partial charge in [0, 0.05) is 0 Å². The van der Waals surface area contributed by atoms with Crippen molar-refractivity contribution in [2.75, 3.05) is 0 Å². The number of sulfonamides is 1. The van der Waals surface area contributed by atoms with Crippen LogP contribution >= 0.6 is 0 Å². The topological polar surface area (TPSA) is 60.2 Å². The molecule has 0 spiro atoms. The van der Waals surface area contributed by atoms with Crippen molar-refractivity contribution in [3.8, 4) is 0 Å². The first kappa shape index (κ1) is 8.01. The van der Waals surface area contributed by atoms with E-state index in [0.29, 0.717) is 5.92 Å². The van der Waals surface area contributed by atoms with Gasteiger partial charge in [-0.1, -0.05) is 20.3 Å². The number of rotatable bonds is 2. The summed E-state index contributed by atoms with van der Waals surface area (Å²) in [6.45, 7) is 3.93. The van der Waals surface area contributed by atoms with E-state index in [1.165, 1.54) is 0 Å². The fourth-order valence-corrected chi connectivity index (χ4v) is 3.29. The minimum Gasteiger partial charge on any atom is -0.228 e. The van der Waals surface area contributed by atoms with E-state index in [0.717, 1.165) is 6.42 Å². The lowest BCUT2D eigenvalue weighted by Crippen LogP contribution is -2.19. The Bertz CT molecular complexity index is 222. The van der Waals surface area contributed by atoms with Crippen LogP contribution in [0.3, 0.4) is 0 Å². The first-order chi connectivity index (χ1) is 4.48. The van der Waals surface area contributed by atoms with Crippen molar-refractivity contribution in [1.29, 1.82) is 0 Å². The molecule has 0 amide bonds. The van der Waals surface area contributed by atoms with E-state index in [4.69, 9.17) is 5.14 Å². The first-order valence-corrected chi connectivity index (χ1v) is 5.11. The minimum atomic E-state index is -3.24. The maximum absolute atomic E-state index is 10.8. The summed E-state index contributed by atoms with van der Waals surface area (Å²) in [6, 6.07) is 0. The van der Waals surface area contributed by atoms with E-state index in [9.17, 15) is 8.42 Å². The molecule has 0 radical (unpaired) electrons. The van der Waals surface area contributed by atoms with E-state index < -0.39 is 10.0 Å². The van der Waals surface area contributed by atoms with E-state index in [2.05, 4.69) is 0 Å². The molecular formula is C6H13NO2S. The van der Waals surface area contributed by atoms with Gasteiger partial charge in [0.2, 0.25) is 10.0 Å². The highest BCUT2D eigenvalue weighted by Crippen LogP contribution is 2.45. The van der Waals surface area contributed by atoms with Crippen LogP contribution in [-0.4, -0.2) is 13.7 Å². The predicted octanol–water partition coefficient (Wildman–Crippen LogP) is 0.319. The smallest absolute Gasteiger partial charge is 0.212 e. The molecule has 60 valence electrons. The van der Waals surface area contributed by atoms with Crippen LogP contribution in [-0.2, 0) is 10.0 Å². The quantitative estimate of drug-likeness (QED) is 0.637. The van der Waals surface area contributed by atoms with Crippen molar-refractivity contribution in [3.05, 3.63) is 0 Å². The van der Waals surface area contributed by atoms with Gasteiger partial charge in [0.25, 0.3) is 0 Å². The summed E-state index contributed by atoms with van der Waals surface area (Å²) in [7, 11) is -3.24. The van der Waals surface area contributed by atoms with Crippen LogP contribution in [0.2, 0.25) is 0 Å². The molecule has 0 aromatic carbocycles. The Morgan fingerprint density at radius 1 is 1.50 bits per heavy atom. The van der Waals surface area contributed by atoms with Gasteiger partial charge in [0.1, 0.15) is 0 Å². The monoisotopic (exact) mass is 163 g/mol. The van der Waals surface area contributed by atoms with Crippen molar-refractivity contribution < 1.29 is 8.42 Å². The molecule has 10 heavy (non-hydrogen) atoms. The second-order valence-corrected chi connectivity index (χ2v) is 4.71. The normalized spacial score (nSPS) is 39.7. The Morgan fingerprint density at radius 3 is 2.10 bits per heavy atom. The zero-order valence-corrected chi connectivity index (χ0v) is 7.06. The summed E-state index contributed by atoms with van der Waals surface area (Å²) in [5, 5.41) is 4.72. The van der Waals surface area contributed by atoms with Gasteiger partial charge >= 0.3 is 0 Å². The Morgan fingerprint density at radius 2 is 2.00 bits per heavy atom. The summed E-state index contributed by atoms with van der Waals surface area (Å²) in [6.07, 6.45) is 0.919. The van der Waals surface area contributed by atoms with Gasteiger partial charge in [-0.2, -0.15) is 0 Å². The fraction of sp³-hybridized carbons (Fsp3) is 1.00. The molecule has 3 atom stereocenters. The third kappa shape index (κ3) is 1.18. The molecule has 0 aliphatic heterocycles. The average Bonchev–Trinajstić information content (AvgIpc) is 2.39. The molecule has 0 heterocycles. The van der Waals surface area contributed by atoms with Crippen LogP contribution in [0.25, 0.3) is 0 Å². The van der Waals surface area contributed by atoms with Crippen LogP contribution in [0.1, 0.15) is 20.3 Å². The molecule has 0 aromatic rings. The predicted molar refractivity (Wildman–Crippen MR) is 39.8 cm³/mol. The second kappa shape index (κ2) is 2.20. The van der Waals surface area contributed by atoms with Crippen molar-refractivity contribution >= 4 is 10.0 Å². The van der Waals surface area contributed by atoms with E-state index in [-0.39, 0.29) is 11.2 Å². The summed E-state index contributed by atoms with van der Waals surface area (Å²) in [5.41, 5.74) is 0. The Labute approximate surface area is 61.7 Å². The lowest BCUT2D eigenvalue weighted by molar-refractivity contribution is 0.592. The average molecular weight is 163 g/mol.